The van der Waals surface area contributed by atoms with Crippen molar-refractivity contribution in [2.24, 2.45) is 0 Å². The van der Waals surface area contributed by atoms with E-state index in [9.17, 15) is 14.4 Å². The number of hydrogen-bond acceptors (Lipinski definition) is 4. The summed E-state index contributed by atoms with van der Waals surface area (Å²) in [6.07, 6.45) is 1.49. The molecule has 0 atom stereocenters. The third-order valence-corrected chi connectivity index (χ3v) is 2.31. The molecule has 0 aromatic carbocycles. The predicted octanol–water partition coefficient (Wildman–Crippen LogP) is -0.0917. The van der Waals surface area contributed by atoms with Crippen molar-refractivity contribution in [3.8, 4) is 0 Å². The number of hydrogen-bond donors (Lipinski definition) is 3. The smallest absolute Gasteiger partial charge is 0.352 e. The summed E-state index contributed by atoms with van der Waals surface area (Å²) in [5.41, 5.74) is -0.360. The van der Waals surface area contributed by atoms with E-state index in [0.29, 0.717) is 0 Å². The Balaban J connectivity index is 2.05. The number of rotatable bonds is 4. The van der Waals surface area contributed by atoms with E-state index in [-0.39, 0.29) is 23.6 Å². The standard InChI is InChI=1S/C11H10N4O4/c16-9-4-3-8(13-14-9)12-10(17)6-15-5-1-2-7(15)11(18)19/h1-5H,6H2,(H,14,16)(H,18,19)(H,12,13,17). The zero-order valence-corrected chi connectivity index (χ0v) is 9.66. The molecule has 0 spiro atoms. The molecule has 1 amide bonds. The molecule has 98 valence electrons. The number of aromatic nitrogens is 3. The zero-order valence-electron chi connectivity index (χ0n) is 9.66. The molecule has 0 saturated carbocycles. The van der Waals surface area contributed by atoms with Crippen molar-refractivity contribution in [2.75, 3.05) is 5.32 Å². The van der Waals surface area contributed by atoms with Gasteiger partial charge in [-0.1, -0.05) is 0 Å². The molecule has 2 rings (SSSR count). The summed E-state index contributed by atoms with van der Waals surface area (Å²) in [5.74, 6) is -1.37. The topological polar surface area (TPSA) is 117 Å². The summed E-state index contributed by atoms with van der Waals surface area (Å²) in [6.45, 7) is -0.157. The largest absolute Gasteiger partial charge is 0.477 e. The van der Waals surface area contributed by atoms with Crippen molar-refractivity contribution < 1.29 is 14.7 Å². The Morgan fingerprint density at radius 3 is 2.79 bits per heavy atom. The minimum atomic E-state index is -1.11. The third-order valence-electron chi connectivity index (χ3n) is 2.31. The average molecular weight is 262 g/mol. The molecule has 8 nitrogen and oxygen atoms in total. The van der Waals surface area contributed by atoms with Crippen molar-refractivity contribution in [1.82, 2.24) is 14.8 Å². The van der Waals surface area contributed by atoms with Gasteiger partial charge in [0.2, 0.25) is 5.91 Å². The molecular weight excluding hydrogens is 252 g/mol. The Bertz CT molecular complexity index is 653. The second kappa shape index (κ2) is 5.17. The highest BCUT2D eigenvalue weighted by molar-refractivity contribution is 5.91. The number of H-pyrrole nitrogens is 1. The van der Waals surface area contributed by atoms with Gasteiger partial charge in [-0.05, 0) is 18.2 Å². The quantitative estimate of drug-likeness (QED) is 0.711. The first-order chi connectivity index (χ1) is 9.06. The maximum atomic E-state index is 11.7. The van der Waals surface area contributed by atoms with Gasteiger partial charge >= 0.3 is 5.97 Å². The lowest BCUT2D eigenvalue weighted by Gasteiger charge is -2.06. The maximum absolute atomic E-state index is 11.7. The van der Waals surface area contributed by atoms with E-state index in [1.165, 1.54) is 35.0 Å². The SMILES string of the molecule is O=C(Cn1cccc1C(=O)O)Nc1ccc(=O)[nH]n1. The molecule has 0 bridgehead atoms. The van der Waals surface area contributed by atoms with Gasteiger partial charge in [0.1, 0.15) is 12.2 Å². The highest BCUT2D eigenvalue weighted by Gasteiger charge is 2.11. The van der Waals surface area contributed by atoms with Gasteiger partial charge in [0.15, 0.2) is 5.82 Å². The average Bonchev–Trinajstić information content (AvgIpc) is 2.80. The van der Waals surface area contributed by atoms with Crippen molar-refractivity contribution in [3.63, 3.8) is 0 Å². The van der Waals surface area contributed by atoms with Gasteiger partial charge < -0.3 is 15.0 Å². The van der Waals surface area contributed by atoms with Crippen LogP contribution in [0, 0.1) is 0 Å². The fourth-order valence-corrected chi connectivity index (χ4v) is 1.50. The number of amides is 1. The van der Waals surface area contributed by atoms with Crippen LogP contribution in [0.4, 0.5) is 5.82 Å². The number of aromatic carboxylic acids is 1. The minimum Gasteiger partial charge on any atom is -0.477 e. The van der Waals surface area contributed by atoms with Gasteiger partial charge in [-0.15, -0.1) is 0 Å². The number of carboxylic acid groups (broad SMARTS) is 1. The van der Waals surface area contributed by atoms with Crippen molar-refractivity contribution in [3.05, 3.63) is 46.5 Å². The van der Waals surface area contributed by atoms with Crippen LogP contribution in [0.5, 0.6) is 0 Å². The van der Waals surface area contributed by atoms with E-state index in [4.69, 9.17) is 5.11 Å². The van der Waals surface area contributed by atoms with Crippen LogP contribution in [0.25, 0.3) is 0 Å². The number of carboxylic acids is 1. The van der Waals surface area contributed by atoms with Gasteiger partial charge in [0.05, 0.1) is 0 Å². The van der Waals surface area contributed by atoms with Crippen LogP contribution in [0.3, 0.4) is 0 Å². The molecule has 0 aliphatic carbocycles. The summed E-state index contributed by atoms with van der Waals surface area (Å²) in [7, 11) is 0. The molecule has 19 heavy (non-hydrogen) atoms. The molecule has 2 aromatic heterocycles. The molecule has 8 heteroatoms. The van der Waals surface area contributed by atoms with Gasteiger partial charge in [-0.25, -0.2) is 9.89 Å². The number of carbonyl (C=O) groups excluding carboxylic acids is 1. The van der Waals surface area contributed by atoms with Crippen LogP contribution in [-0.2, 0) is 11.3 Å². The fourth-order valence-electron chi connectivity index (χ4n) is 1.50. The first kappa shape index (κ1) is 12.6. The monoisotopic (exact) mass is 262 g/mol. The Hall–Kier alpha value is -2.90. The first-order valence-corrected chi connectivity index (χ1v) is 5.30. The second-order valence-corrected chi connectivity index (χ2v) is 3.68. The Labute approximate surface area is 106 Å². The van der Waals surface area contributed by atoms with Crippen LogP contribution in [0.2, 0.25) is 0 Å². The zero-order chi connectivity index (χ0) is 13.8. The van der Waals surface area contributed by atoms with E-state index < -0.39 is 11.9 Å². The highest BCUT2D eigenvalue weighted by atomic mass is 16.4. The Morgan fingerprint density at radius 2 is 2.16 bits per heavy atom. The fraction of sp³-hybridized carbons (Fsp3) is 0.0909. The van der Waals surface area contributed by atoms with Gasteiger partial charge in [-0.2, -0.15) is 5.10 Å². The summed E-state index contributed by atoms with van der Waals surface area (Å²) in [5, 5.41) is 17.1. The van der Waals surface area contributed by atoms with Gasteiger partial charge in [0.25, 0.3) is 5.56 Å². The number of carbonyl (C=O) groups is 2. The molecule has 2 aromatic rings. The van der Waals surface area contributed by atoms with Crippen LogP contribution in [0.1, 0.15) is 10.5 Å². The van der Waals surface area contributed by atoms with Crippen LogP contribution in [0.15, 0.2) is 35.3 Å². The number of nitrogens with one attached hydrogen (secondary N) is 2. The van der Waals surface area contributed by atoms with Crippen molar-refractivity contribution >= 4 is 17.7 Å². The number of nitrogens with zero attached hydrogens (tertiary/aromatic N) is 2. The first-order valence-electron chi connectivity index (χ1n) is 5.30. The lowest BCUT2D eigenvalue weighted by atomic mass is 10.4. The molecule has 0 aliphatic heterocycles. The molecule has 3 N–H and O–H groups in total. The van der Waals surface area contributed by atoms with Crippen molar-refractivity contribution in [2.45, 2.75) is 6.54 Å². The van der Waals surface area contributed by atoms with Gasteiger partial charge in [-0.3, -0.25) is 9.59 Å². The Kier molecular flexibility index (Phi) is 3.42. The van der Waals surface area contributed by atoms with Crippen LogP contribution < -0.4 is 10.9 Å². The molecule has 0 unspecified atom stereocenters. The molecular formula is C11H10N4O4. The van der Waals surface area contributed by atoms with Crippen molar-refractivity contribution in [1.29, 1.82) is 0 Å². The van der Waals surface area contributed by atoms with E-state index in [1.807, 2.05) is 0 Å². The summed E-state index contributed by atoms with van der Waals surface area (Å²) in [4.78, 5) is 33.3. The van der Waals surface area contributed by atoms with Gasteiger partial charge in [0, 0.05) is 12.3 Å². The van der Waals surface area contributed by atoms with Crippen LogP contribution >= 0.6 is 0 Å². The lowest BCUT2D eigenvalue weighted by Crippen LogP contribution is -2.22. The Morgan fingerprint density at radius 1 is 1.37 bits per heavy atom. The van der Waals surface area contributed by atoms with E-state index >= 15 is 0 Å². The van der Waals surface area contributed by atoms with E-state index in [1.54, 1.807) is 0 Å². The third kappa shape index (κ3) is 3.06. The second-order valence-electron chi connectivity index (χ2n) is 3.68. The van der Waals surface area contributed by atoms with Crippen LogP contribution in [-0.4, -0.2) is 31.7 Å². The highest BCUT2D eigenvalue weighted by Crippen LogP contribution is 2.03. The van der Waals surface area contributed by atoms with E-state index in [0.717, 1.165) is 0 Å². The predicted molar refractivity (Wildman–Crippen MR) is 64.9 cm³/mol. The summed E-state index contributed by atoms with van der Waals surface area (Å²) in [6, 6.07) is 5.51. The minimum absolute atomic E-state index is 0.0181. The van der Waals surface area contributed by atoms with E-state index in [2.05, 4.69) is 15.5 Å². The number of aromatic amines is 1. The summed E-state index contributed by atoms with van der Waals surface area (Å²) < 4.78 is 1.29. The molecule has 2 heterocycles. The normalized spacial score (nSPS) is 10.1. The summed E-state index contributed by atoms with van der Waals surface area (Å²) >= 11 is 0. The number of anilines is 1. The molecule has 0 aliphatic rings. The molecule has 0 radical (unpaired) electrons. The molecule has 0 fully saturated rings. The molecule has 0 saturated heterocycles. The maximum Gasteiger partial charge on any atom is 0.352 e. The lowest BCUT2D eigenvalue weighted by molar-refractivity contribution is -0.116.